The first-order valence-electron chi connectivity index (χ1n) is 8.23. The van der Waals surface area contributed by atoms with E-state index in [-0.39, 0.29) is 0 Å². The minimum Gasteiger partial charge on any atom is -0.134 e. The Morgan fingerprint density at radius 3 is 2.41 bits per heavy atom. The molecular formula is C20H23IS. The highest BCUT2D eigenvalue weighted by Gasteiger charge is 2.13. The number of aryl methyl sites for hydroxylation is 3. The monoisotopic (exact) mass is 422 g/mol. The van der Waals surface area contributed by atoms with Gasteiger partial charge >= 0.3 is 0 Å². The van der Waals surface area contributed by atoms with E-state index in [2.05, 4.69) is 67.6 Å². The van der Waals surface area contributed by atoms with Crippen LogP contribution in [0.5, 0.6) is 0 Å². The van der Waals surface area contributed by atoms with Crippen LogP contribution in [0.1, 0.15) is 49.3 Å². The molecule has 0 aliphatic rings. The van der Waals surface area contributed by atoms with Crippen LogP contribution in [0.25, 0.3) is 20.2 Å². The zero-order chi connectivity index (χ0) is 15.7. The number of halogens is 1. The fourth-order valence-electron chi connectivity index (χ4n) is 3.08. The van der Waals surface area contributed by atoms with Crippen LogP contribution in [0.2, 0.25) is 0 Å². The topological polar surface area (TPSA) is 0 Å². The van der Waals surface area contributed by atoms with E-state index in [0.717, 1.165) is 0 Å². The summed E-state index contributed by atoms with van der Waals surface area (Å²) in [5.74, 6) is 0. The first-order valence-corrected chi connectivity index (χ1v) is 10.1. The third kappa shape index (κ3) is 2.92. The first kappa shape index (κ1) is 16.3. The van der Waals surface area contributed by atoms with Gasteiger partial charge < -0.3 is 0 Å². The third-order valence-electron chi connectivity index (χ3n) is 4.65. The van der Waals surface area contributed by atoms with Crippen molar-refractivity contribution < 1.29 is 0 Å². The lowest BCUT2D eigenvalue weighted by Crippen LogP contribution is -1.90. The molecule has 3 aromatic rings. The lowest BCUT2D eigenvalue weighted by molar-refractivity contribution is 0.666. The molecule has 2 aromatic carbocycles. The van der Waals surface area contributed by atoms with Crippen molar-refractivity contribution in [3.05, 3.63) is 44.5 Å². The second-order valence-corrected chi connectivity index (χ2v) is 8.31. The van der Waals surface area contributed by atoms with Gasteiger partial charge in [-0.15, -0.1) is 11.3 Å². The van der Waals surface area contributed by atoms with Crippen molar-refractivity contribution in [3.8, 4) is 0 Å². The van der Waals surface area contributed by atoms with Crippen molar-refractivity contribution in [2.75, 3.05) is 0 Å². The van der Waals surface area contributed by atoms with E-state index in [0.29, 0.717) is 0 Å². The van der Waals surface area contributed by atoms with Gasteiger partial charge in [-0.05, 0) is 66.0 Å². The molecule has 0 radical (unpaired) electrons. The Labute approximate surface area is 151 Å². The Balaban J connectivity index is 2.03. The number of benzene rings is 2. The Kier molecular flexibility index (Phi) is 5.08. The summed E-state index contributed by atoms with van der Waals surface area (Å²) in [5, 5.41) is 2.86. The van der Waals surface area contributed by atoms with Gasteiger partial charge in [0.05, 0.1) is 0 Å². The molecule has 0 saturated heterocycles. The fraction of sp³-hybridized carbons (Fsp3) is 0.400. The van der Waals surface area contributed by atoms with Crippen LogP contribution in [0.15, 0.2) is 24.3 Å². The number of thiophene rings is 1. The summed E-state index contributed by atoms with van der Waals surface area (Å²) in [6.07, 6.45) is 6.57. The smallest absolute Gasteiger partial charge is 0.0491 e. The average Bonchev–Trinajstić information content (AvgIpc) is 2.90. The van der Waals surface area contributed by atoms with E-state index in [4.69, 9.17) is 0 Å². The molecule has 0 aliphatic heterocycles. The Morgan fingerprint density at radius 2 is 1.64 bits per heavy atom. The Hall–Kier alpha value is -0.610. The normalized spacial score (nSPS) is 11.6. The van der Waals surface area contributed by atoms with Crippen molar-refractivity contribution in [2.24, 2.45) is 0 Å². The molecule has 0 N–H and O–H groups in total. The molecule has 0 aliphatic carbocycles. The highest BCUT2D eigenvalue weighted by Crippen LogP contribution is 2.40. The van der Waals surface area contributed by atoms with Gasteiger partial charge in [-0.25, -0.2) is 0 Å². The lowest BCUT2D eigenvalue weighted by atomic mass is 10.0. The van der Waals surface area contributed by atoms with Gasteiger partial charge in [0.1, 0.15) is 0 Å². The maximum absolute atomic E-state index is 2.57. The summed E-state index contributed by atoms with van der Waals surface area (Å²) in [6, 6.07) is 9.26. The van der Waals surface area contributed by atoms with Gasteiger partial charge in [-0.1, -0.05) is 50.5 Å². The predicted octanol–water partition coefficient (Wildman–Crippen LogP) is 7.40. The first-order chi connectivity index (χ1) is 10.6. The Bertz CT molecular complexity index is 814. The quantitative estimate of drug-likeness (QED) is 0.297. The van der Waals surface area contributed by atoms with Gasteiger partial charge in [-0.3, -0.25) is 0 Å². The van der Waals surface area contributed by atoms with E-state index >= 15 is 0 Å². The van der Waals surface area contributed by atoms with E-state index in [1.54, 1.807) is 0 Å². The third-order valence-corrected chi connectivity index (χ3v) is 7.60. The number of rotatable bonds is 5. The van der Waals surface area contributed by atoms with Crippen LogP contribution in [0, 0.1) is 17.4 Å². The minimum atomic E-state index is 1.22. The molecular weight excluding hydrogens is 399 g/mol. The van der Waals surface area contributed by atoms with E-state index in [1.165, 1.54) is 72.5 Å². The molecule has 22 heavy (non-hydrogen) atoms. The van der Waals surface area contributed by atoms with E-state index < -0.39 is 0 Å². The van der Waals surface area contributed by atoms with E-state index in [1.807, 2.05) is 11.3 Å². The molecule has 1 heterocycles. The number of unbranched alkanes of at least 4 members (excludes halogenated alkanes) is 3. The van der Waals surface area contributed by atoms with Crippen LogP contribution >= 0.6 is 33.9 Å². The molecule has 116 valence electrons. The molecule has 3 rings (SSSR count). The maximum atomic E-state index is 2.57. The zero-order valence-electron chi connectivity index (χ0n) is 13.6. The van der Waals surface area contributed by atoms with Gasteiger partial charge in [0.25, 0.3) is 0 Å². The van der Waals surface area contributed by atoms with Crippen molar-refractivity contribution in [3.63, 3.8) is 0 Å². The molecule has 0 fully saturated rings. The van der Waals surface area contributed by atoms with Gasteiger partial charge in [0.15, 0.2) is 0 Å². The van der Waals surface area contributed by atoms with Crippen molar-refractivity contribution in [2.45, 2.75) is 52.9 Å². The van der Waals surface area contributed by atoms with E-state index in [9.17, 15) is 0 Å². The molecule has 0 amide bonds. The lowest BCUT2D eigenvalue weighted by Gasteiger charge is -2.05. The van der Waals surface area contributed by atoms with Gasteiger partial charge in [0.2, 0.25) is 0 Å². The van der Waals surface area contributed by atoms with Crippen molar-refractivity contribution in [1.29, 1.82) is 0 Å². The van der Waals surface area contributed by atoms with Crippen LogP contribution < -0.4 is 0 Å². The highest BCUT2D eigenvalue weighted by molar-refractivity contribution is 14.1. The van der Waals surface area contributed by atoms with Crippen molar-refractivity contribution in [1.82, 2.24) is 0 Å². The number of hydrogen-bond acceptors (Lipinski definition) is 1. The molecule has 1 aromatic heterocycles. The second-order valence-electron chi connectivity index (χ2n) is 6.21. The summed E-state index contributed by atoms with van der Waals surface area (Å²) >= 11 is 4.54. The predicted molar refractivity (Wildman–Crippen MR) is 109 cm³/mol. The SMILES string of the molecule is CCCCCCc1ccc2c(sc3c(C)c(C)ccc32)c1I. The molecule has 0 unspecified atom stereocenters. The summed E-state index contributed by atoms with van der Waals surface area (Å²) in [6.45, 7) is 6.74. The van der Waals surface area contributed by atoms with Crippen LogP contribution in [0.3, 0.4) is 0 Å². The summed E-state index contributed by atoms with van der Waals surface area (Å²) in [4.78, 5) is 0. The molecule has 2 heteroatoms. The van der Waals surface area contributed by atoms with Crippen molar-refractivity contribution >= 4 is 54.1 Å². The Morgan fingerprint density at radius 1 is 0.909 bits per heavy atom. The molecule has 0 bridgehead atoms. The molecule has 0 spiro atoms. The van der Waals surface area contributed by atoms with Crippen LogP contribution in [0.4, 0.5) is 0 Å². The van der Waals surface area contributed by atoms with Crippen LogP contribution in [-0.4, -0.2) is 0 Å². The average molecular weight is 422 g/mol. The fourth-order valence-corrected chi connectivity index (χ4v) is 5.46. The molecule has 0 atom stereocenters. The second kappa shape index (κ2) is 6.88. The number of fused-ring (bicyclic) bond motifs is 3. The van der Waals surface area contributed by atoms with Gasteiger partial charge in [-0.2, -0.15) is 0 Å². The number of hydrogen-bond donors (Lipinski definition) is 0. The largest absolute Gasteiger partial charge is 0.134 e. The zero-order valence-corrected chi connectivity index (χ0v) is 16.6. The minimum absolute atomic E-state index is 1.22. The maximum Gasteiger partial charge on any atom is 0.0491 e. The summed E-state index contributed by atoms with van der Waals surface area (Å²) in [5.41, 5.74) is 4.37. The molecule has 0 nitrogen and oxygen atoms in total. The van der Waals surface area contributed by atoms with Gasteiger partial charge in [0, 0.05) is 23.7 Å². The summed E-state index contributed by atoms with van der Waals surface area (Å²) in [7, 11) is 0. The highest BCUT2D eigenvalue weighted by atomic mass is 127. The standard InChI is InChI=1S/C20H23IS/c1-4-5-6-7-8-15-10-12-17-16-11-9-13(2)14(3)19(16)22-20(17)18(15)21/h9-12H,4-8H2,1-3H3. The molecule has 0 saturated carbocycles. The van der Waals surface area contributed by atoms with Crippen LogP contribution in [-0.2, 0) is 6.42 Å². The summed E-state index contributed by atoms with van der Waals surface area (Å²) < 4.78 is 4.43.